The molecule has 5 nitrogen and oxygen atoms in total. The number of nitrogens with one attached hydrogen (secondary N) is 1. The van der Waals surface area contributed by atoms with Gasteiger partial charge in [-0.25, -0.2) is 0 Å². The van der Waals surface area contributed by atoms with Gasteiger partial charge in [0.05, 0.1) is 12.1 Å². The second kappa shape index (κ2) is 8.45. The highest BCUT2D eigenvalue weighted by molar-refractivity contribution is 7.10. The van der Waals surface area contributed by atoms with Crippen LogP contribution in [0.25, 0.3) is 0 Å². The van der Waals surface area contributed by atoms with Crippen LogP contribution in [0.5, 0.6) is 0 Å². The van der Waals surface area contributed by atoms with E-state index < -0.39 is 0 Å². The van der Waals surface area contributed by atoms with Crippen molar-refractivity contribution >= 4 is 28.8 Å². The molecule has 6 heteroatoms. The van der Waals surface area contributed by atoms with Gasteiger partial charge in [-0.1, -0.05) is 17.7 Å². The second-order valence-corrected chi connectivity index (χ2v) is 8.70. The lowest BCUT2D eigenvalue weighted by Crippen LogP contribution is -2.50. The summed E-state index contributed by atoms with van der Waals surface area (Å²) in [5, 5.41) is 5.00. The number of fused-ring (bicyclic) bond motifs is 1. The van der Waals surface area contributed by atoms with E-state index in [9.17, 15) is 9.59 Å². The maximum atomic E-state index is 13.0. The van der Waals surface area contributed by atoms with E-state index in [0.29, 0.717) is 19.6 Å². The molecule has 1 saturated heterocycles. The largest absolute Gasteiger partial charge is 0.336 e. The molecule has 2 heterocycles. The lowest BCUT2D eigenvalue weighted by atomic mass is 9.95. The number of carbonyl (C=O) groups is 2. The van der Waals surface area contributed by atoms with Crippen LogP contribution in [0.1, 0.15) is 39.2 Å². The minimum absolute atomic E-state index is 0.00414. The summed E-state index contributed by atoms with van der Waals surface area (Å²) >= 11 is 1.74. The normalized spacial score (nSPS) is 17.2. The van der Waals surface area contributed by atoms with Gasteiger partial charge in [0, 0.05) is 42.1 Å². The molecule has 0 radical (unpaired) electrons. The molecule has 4 rings (SSSR count). The van der Waals surface area contributed by atoms with Crippen molar-refractivity contribution in [2.45, 2.75) is 32.6 Å². The first-order valence-electron chi connectivity index (χ1n) is 10.1. The minimum Gasteiger partial charge on any atom is -0.336 e. The van der Waals surface area contributed by atoms with Crippen molar-refractivity contribution in [3.05, 3.63) is 51.2 Å². The van der Waals surface area contributed by atoms with Gasteiger partial charge in [-0.15, -0.1) is 11.3 Å². The Morgan fingerprint density at radius 1 is 1.04 bits per heavy atom. The summed E-state index contributed by atoms with van der Waals surface area (Å²) in [6, 6.07) is 7.82. The van der Waals surface area contributed by atoms with Gasteiger partial charge >= 0.3 is 0 Å². The van der Waals surface area contributed by atoms with E-state index in [4.69, 9.17) is 0 Å². The van der Waals surface area contributed by atoms with Crippen molar-refractivity contribution in [3.8, 4) is 0 Å². The topological polar surface area (TPSA) is 52.7 Å². The first-order chi connectivity index (χ1) is 13.6. The maximum Gasteiger partial charge on any atom is 0.255 e. The average molecular weight is 398 g/mol. The molecule has 0 unspecified atom stereocenters. The van der Waals surface area contributed by atoms with Crippen LogP contribution in [0.15, 0.2) is 29.6 Å². The van der Waals surface area contributed by atoms with Crippen molar-refractivity contribution in [3.63, 3.8) is 0 Å². The van der Waals surface area contributed by atoms with Gasteiger partial charge in [0.1, 0.15) is 0 Å². The number of rotatable bonds is 4. The highest BCUT2D eigenvalue weighted by atomic mass is 32.1. The number of nitrogens with zero attached hydrogens (tertiary/aromatic N) is 2. The second-order valence-electron chi connectivity index (χ2n) is 7.74. The molecular weight excluding hydrogens is 370 g/mol. The van der Waals surface area contributed by atoms with Gasteiger partial charge in [-0.2, -0.15) is 0 Å². The average Bonchev–Trinajstić information content (AvgIpc) is 3.14. The standard InChI is InChI=1S/C22H27N3O2S/c1-16-6-8-17(9-7-16)23-21(26)14-24-10-12-25(13-11-24)22(27)19-15-28-20-5-3-2-4-18(19)20/h6-9,15H,2-5,10-14H2,1H3,(H,23,26). The third-order valence-electron chi connectivity index (χ3n) is 5.65. The smallest absolute Gasteiger partial charge is 0.255 e. The van der Waals surface area contributed by atoms with Gasteiger partial charge in [0.15, 0.2) is 0 Å². The first-order valence-corrected chi connectivity index (χ1v) is 11.0. The Balaban J connectivity index is 1.28. The Labute approximate surface area is 170 Å². The molecule has 2 aliphatic rings. The number of carbonyl (C=O) groups excluding carboxylic acids is 2. The summed E-state index contributed by atoms with van der Waals surface area (Å²) in [5.74, 6) is 0.165. The summed E-state index contributed by atoms with van der Waals surface area (Å²) in [4.78, 5) is 30.7. The number of thiophene rings is 1. The minimum atomic E-state index is -0.00414. The fourth-order valence-electron chi connectivity index (χ4n) is 3.99. The molecule has 0 atom stereocenters. The molecule has 1 aliphatic heterocycles. The van der Waals surface area contributed by atoms with E-state index in [1.807, 2.05) is 36.1 Å². The van der Waals surface area contributed by atoms with Crippen LogP contribution in [-0.4, -0.2) is 54.3 Å². The molecule has 28 heavy (non-hydrogen) atoms. The molecule has 2 amide bonds. The SMILES string of the molecule is Cc1ccc(NC(=O)CN2CCN(C(=O)c3csc4c3CCCC4)CC2)cc1. The third kappa shape index (κ3) is 4.28. The van der Waals surface area contributed by atoms with E-state index in [2.05, 4.69) is 15.6 Å². The number of anilines is 1. The lowest BCUT2D eigenvalue weighted by molar-refractivity contribution is -0.117. The zero-order valence-electron chi connectivity index (χ0n) is 16.4. The van der Waals surface area contributed by atoms with Crippen LogP contribution in [-0.2, 0) is 17.6 Å². The quantitative estimate of drug-likeness (QED) is 0.861. The Morgan fingerprint density at radius 2 is 1.75 bits per heavy atom. The van der Waals surface area contributed by atoms with Gasteiger partial charge in [0.2, 0.25) is 5.91 Å². The zero-order valence-corrected chi connectivity index (χ0v) is 17.2. The molecule has 1 aliphatic carbocycles. The molecule has 1 N–H and O–H groups in total. The fraction of sp³-hybridized carbons (Fsp3) is 0.455. The first kappa shape index (κ1) is 19.2. The van der Waals surface area contributed by atoms with E-state index >= 15 is 0 Å². The molecule has 1 aromatic heterocycles. The maximum absolute atomic E-state index is 13.0. The van der Waals surface area contributed by atoms with Crippen molar-refractivity contribution in [1.29, 1.82) is 0 Å². The van der Waals surface area contributed by atoms with Crippen LogP contribution in [0.4, 0.5) is 5.69 Å². The van der Waals surface area contributed by atoms with Crippen LogP contribution in [0.3, 0.4) is 0 Å². The summed E-state index contributed by atoms with van der Waals surface area (Å²) in [6.45, 7) is 5.23. The monoisotopic (exact) mass is 397 g/mol. The number of hydrogen-bond acceptors (Lipinski definition) is 4. The number of piperazine rings is 1. The highest BCUT2D eigenvalue weighted by Gasteiger charge is 2.27. The van der Waals surface area contributed by atoms with Gasteiger partial charge < -0.3 is 10.2 Å². The Hall–Kier alpha value is -2.18. The fourth-order valence-corrected chi connectivity index (χ4v) is 5.11. The molecule has 1 aromatic carbocycles. The van der Waals surface area contributed by atoms with Gasteiger partial charge in [-0.05, 0) is 50.3 Å². The molecular formula is C22H27N3O2S. The summed E-state index contributed by atoms with van der Waals surface area (Å²) in [5.41, 5.74) is 4.21. The van der Waals surface area contributed by atoms with Gasteiger partial charge in [0.25, 0.3) is 5.91 Å². The highest BCUT2D eigenvalue weighted by Crippen LogP contribution is 2.31. The van der Waals surface area contributed by atoms with Crippen LogP contribution in [0, 0.1) is 6.92 Å². The van der Waals surface area contributed by atoms with Crippen molar-refractivity contribution < 1.29 is 9.59 Å². The predicted molar refractivity (Wildman–Crippen MR) is 113 cm³/mol. The third-order valence-corrected chi connectivity index (χ3v) is 6.74. The zero-order chi connectivity index (χ0) is 19.5. The molecule has 2 aromatic rings. The van der Waals surface area contributed by atoms with E-state index in [-0.39, 0.29) is 11.8 Å². The van der Waals surface area contributed by atoms with Crippen molar-refractivity contribution in [2.75, 3.05) is 38.0 Å². The molecule has 0 spiro atoms. The predicted octanol–water partition coefficient (Wildman–Crippen LogP) is 3.33. The van der Waals surface area contributed by atoms with Crippen LogP contribution >= 0.6 is 11.3 Å². The molecule has 0 saturated carbocycles. The number of hydrogen-bond donors (Lipinski definition) is 1. The van der Waals surface area contributed by atoms with Crippen LogP contribution < -0.4 is 5.32 Å². The Morgan fingerprint density at radius 3 is 2.50 bits per heavy atom. The number of aryl methyl sites for hydroxylation is 2. The number of benzene rings is 1. The number of amides is 2. The summed E-state index contributed by atoms with van der Waals surface area (Å²) in [6.07, 6.45) is 4.59. The Kier molecular flexibility index (Phi) is 5.78. The van der Waals surface area contributed by atoms with E-state index in [1.165, 1.54) is 28.8 Å². The van der Waals surface area contributed by atoms with Crippen molar-refractivity contribution in [2.24, 2.45) is 0 Å². The molecule has 0 bridgehead atoms. The van der Waals surface area contributed by atoms with Crippen LogP contribution in [0.2, 0.25) is 0 Å². The summed E-state index contributed by atoms with van der Waals surface area (Å²) < 4.78 is 0. The van der Waals surface area contributed by atoms with E-state index in [1.54, 1.807) is 11.3 Å². The summed E-state index contributed by atoms with van der Waals surface area (Å²) in [7, 11) is 0. The molecule has 148 valence electrons. The Bertz CT molecular complexity index is 851. The molecule has 1 fully saturated rings. The lowest BCUT2D eigenvalue weighted by Gasteiger charge is -2.34. The van der Waals surface area contributed by atoms with Gasteiger partial charge in [-0.3, -0.25) is 14.5 Å². The van der Waals surface area contributed by atoms with E-state index in [0.717, 1.165) is 37.2 Å². The van der Waals surface area contributed by atoms with Crippen molar-refractivity contribution in [1.82, 2.24) is 9.80 Å².